The summed E-state index contributed by atoms with van der Waals surface area (Å²) in [5.41, 5.74) is 1.96. The lowest BCUT2D eigenvalue weighted by Crippen LogP contribution is -2.05. The molecule has 3 nitrogen and oxygen atoms in total. The molecule has 0 fully saturated rings. The summed E-state index contributed by atoms with van der Waals surface area (Å²) in [4.78, 5) is 11.1. The monoisotopic (exact) mass is 194 g/mol. The molecule has 0 radical (unpaired) electrons. The van der Waals surface area contributed by atoms with Crippen LogP contribution >= 0.6 is 0 Å². The highest BCUT2D eigenvalue weighted by atomic mass is 16.5. The summed E-state index contributed by atoms with van der Waals surface area (Å²) in [5.74, 6) is 0.475. The van der Waals surface area contributed by atoms with Crippen molar-refractivity contribution in [2.75, 3.05) is 14.2 Å². The maximum atomic E-state index is 11.1. The van der Waals surface area contributed by atoms with Crippen LogP contribution in [-0.2, 0) is 16.0 Å². The Morgan fingerprint density at radius 3 is 2.64 bits per heavy atom. The topological polar surface area (TPSA) is 35.5 Å². The predicted molar refractivity (Wildman–Crippen MR) is 53.5 cm³/mol. The van der Waals surface area contributed by atoms with Crippen molar-refractivity contribution in [1.29, 1.82) is 0 Å². The van der Waals surface area contributed by atoms with Crippen molar-refractivity contribution in [3.63, 3.8) is 0 Å². The molecule has 0 N–H and O–H groups in total. The van der Waals surface area contributed by atoms with Crippen LogP contribution in [-0.4, -0.2) is 20.2 Å². The smallest absolute Gasteiger partial charge is 0.310 e. The predicted octanol–water partition coefficient (Wildman–Crippen LogP) is 1.72. The second-order valence-corrected chi connectivity index (χ2v) is 3.07. The molecule has 0 atom stereocenters. The molecule has 76 valence electrons. The molecule has 0 amide bonds. The molecule has 0 saturated heterocycles. The van der Waals surface area contributed by atoms with Gasteiger partial charge in [0.05, 0.1) is 20.6 Å². The van der Waals surface area contributed by atoms with E-state index < -0.39 is 0 Å². The lowest BCUT2D eigenvalue weighted by atomic mass is 10.1. The van der Waals surface area contributed by atoms with Gasteiger partial charge in [0.25, 0.3) is 0 Å². The highest BCUT2D eigenvalue weighted by Gasteiger charge is 2.08. The molecule has 0 spiro atoms. The third-order valence-corrected chi connectivity index (χ3v) is 2.01. The molecule has 0 aliphatic rings. The fourth-order valence-corrected chi connectivity index (χ4v) is 1.23. The van der Waals surface area contributed by atoms with Crippen LogP contribution in [0.15, 0.2) is 18.2 Å². The number of carbonyl (C=O) groups excluding carboxylic acids is 1. The minimum absolute atomic E-state index is 0.250. The van der Waals surface area contributed by atoms with Crippen molar-refractivity contribution in [2.24, 2.45) is 0 Å². The van der Waals surface area contributed by atoms with Crippen molar-refractivity contribution in [1.82, 2.24) is 0 Å². The zero-order valence-corrected chi connectivity index (χ0v) is 8.66. The van der Waals surface area contributed by atoms with Crippen molar-refractivity contribution < 1.29 is 14.3 Å². The molecule has 3 heteroatoms. The summed E-state index contributed by atoms with van der Waals surface area (Å²) in [6, 6.07) is 5.73. The second kappa shape index (κ2) is 4.65. The Labute approximate surface area is 83.6 Å². The average molecular weight is 194 g/mol. The van der Waals surface area contributed by atoms with Crippen molar-refractivity contribution in [3.8, 4) is 5.75 Å². The Morgan fingerprint density at radius 2 is 2.07 bits per heavy atom. The summed E-state index contributed by atoms with van der Waals surface area (Å²) >= 11 is 0. The second-order valence-electron chi connectivity index (χ2n) is 3.07. The number of rotatable bonds is 3. The van der Waals surface area contributed by atoms with Crippen LogP contribution in [0.5, 0.6) is 5.75 Å². The number of carbonyl (C=O) groups is 1. The van der Waals surface area contributed by atoms with Gasteiger partial charge in [0.2, 0.25) is 0 Å². The van der Waals surface area contributed by atoms with E-state index in [1.54, 1.807) is 7.11 Å². The highest BCUT2D eigenvalue weighted by molar-refractivity contribution is 5.73. The molecule has 0 aromatic heterocycles. The number of methoxy groups -OCH3 is 2. The molecule has 1 rings (SSSR count). The van der Waals surface area contributed by atoms with Crippen LogP contribution in [0.4, 0.5) is 0 Å². The summed E-state index contributed by atoms with van der Waals surface area (Å²) in [7, 11) is 2.97. The summed E-state index contributed by atoms with van der Waals surface area (Å²) < 4.78 is 9.75. The van der Waals surface area contributed by atoms with Gasteiger partial charge in [-0.3, -0.25) is 4.79 Å². The molecule has 0 bridgehead atoms. The van der Waals surface area contributed by atoms with Gasteiger partial charge >= 0.3 is 5.97 Å². The first-order valence-electron chi connectivity index (χ1n) is 4.37. The summed E-state index contributed by atoms with van der Waals surface area (Å²) in [6.07, 6.45) is 0.250. The van der Waals surface area contributed by atoms with E-state index in [-0.39, 0.29) is 12.4 Å². The minimum atomic E-state index is -0.257. The van der Waals surface area contributed by atoms with Gasteiger partial charge in [-0.2, -0.15) is 0 Å². The van der Waals surface area contributed by atoms with Gasteiger partial charge in [0, 0.05) is 5.56 Å². The first-order chi connectivity index (χ1) is 6.67. The number of hydrogen-bond donors (Lipinski definition) is 0. The third kappa shape index (κ3) is 2.49. The fraction of sp³-hybridized carbons (Fsp3) is 0.364. The molecular formula is C11H14O3. The van der Waals surface area contributed by atoms with E-state index in [1.165, 1.54) is 7.11 Å². The number of aryl methyl sites for hydroxylation is 1. The van der Waals surface area contributed by atoms with E-state index in [9.17, 15) is 4.79 Å². The van der Waals surface area contributed by atoms with Crippen LogP contribution in [0.25, 0.3) is 0 Å². The van der Waals surface area contributed by atoms with Gasteiger partial charge in [0.15, 0.2) is 0 Å². The minimum Gasteiger partial charge on any atom is -0.496 e. The highest BCUT2D eigenvalue weighted by Crippen LogP contribution is 2.20. The Morgan fingerprint density at radius 1 is 1.36 bits per heavy atom. The molecule has 0 heterocycles. The van der Waals surface area contributed by atoms with Crippen molar-refractivity contribution in [3.05, 3.63) is 29.3 Å². The Kier molecular flexibility index (Phi) is 3.51. The SMILES string of the molecule is COC(=O)Cc1ccc(C)cc1OC. The molecule has 1 aromatic rings. The van der Waals surface area contributed by atoms with Gasteiger partial charge in [0.1, 0.15) is 5.75 Å². The quantitative estimate of drug-likeness (QED) is 0.687. The van der Waals surface area contributed by atoms with Crippen LogP contribution in [0, 0.1) is 6.92 Å². The Bertz CT molecular complexity index is 331. The van der Waals surface area contributed by atoms with Gasteiger partial charge in [-0.15, -0.1) is 0 Å². The standard InChI is InChI=1S/C11H14O3/c1-8-4-5-9(7-11(12)14-3)10(6-8)13-2/h4-6H,7H2,1-3H3. The lowest BCUT2D eigenvalue weighted by Gasteiger charge is -2.07. The zero-order chi connectivity index (χ0) is 10.6. The molecule has 0 aliphatic heterocycles. The van der Waals surface area contributed by atoms with E-state index in [0.717, 1.165) is 16.9 Å². The van der Waals surface area contributed by atoms with Gasteiger partial charge in [-0.25, -0.2) is 0 Å². The number of benzene rings is 1. The maximum absolute atomic E-state index is 11.1. The van der Waals surface area contributed by atoms with Crippen LogP contribution in [0.1, 0.15) is 11.1 Å². The molecule has 0 unspecified atom stereocenters. The Hall–Kier alpha value is -1.51. The normalized spacial score (nSPS) is 9.64. The first-order valence-corrected chi connectivity index (χ1v) is 4.37. The molecule has 14 heavy (non-hydrogen) atoms. The molecule has 0 saturated carbocycles. The Balaban J connectivity index is 2.90. The van der Waals surface area contributed by atoms with E-state index in [1.807, 2.05) is 25.1 Å². The van der Waals surface area contributed by atoms with E-state index >= 15 is 0 Å². The number of hydrogen-bond acceptors (Lipinski definition) is 3. The fourth-order valence-electron chi connectivity index (χ4n) is 1.23. The van der Waals surface area contributed by atoms with Gasteiger partial charge in [-0.05, 0) is 18.6 Å². The van der Waals surface area contributed by atoms with Crippen molar-refractivity contribution >= 4 is 5.97 Å². The largest absolute Gasteiger partial charge is 0.496 e. The van der Waals surface area contributed by atoms with Crippen molar-refractivity contribution in [2.45, 2.75) is 13.3 Å². The third-order valence-electron chi connectivity index (χ3n) is 2.01. The van der Waals surface area contributed by atoms with E-state index in [2.05, 4.69) is 4.74 Å². The zero-order valence-electron chi connectivity index (χ0n) is 8.66. The van der Waals surface area contributed by atoms with Gasteiger partial charge < -0.3 is 9.47 Å². The maximum Gasteiger partial charge on any atom is 0.310 e. The molecule has 1 aromatic carbocycles. The van der Waals surface area contributed by atoms with Gasteiger partial charge in [-0.1, -0.05) is 12.1 Å². The molecular weight excluding hydrogens is 180 g/mol. The first kappa shape index (κ1) is 10.6. The number of ether oxygens (including phenoxy) is 2. The van der Waals surface area contributed by atoms with Crippen LogP contribution in [0.2, 0.25) is 0 Å². The number of esters is 1. The van der Waals surface area contributed by atoms with Crippen LogP contribution in [0.3, 0.4) is 0 Å². The van der Waals surface area contributed by atoms with Crippen LogP contribution < -0.4 is 4.74 Å². The summed E-state index contributed by atoms with van der Waals surface area (Å²) in [5, 5.41) is 0. The lowest BCUT2D eigenvalue weighted by molar-refractivity contribution is -0.139. The van der Waals surface area contributed by atoms with E-state index in [4.69, 9.17) is 4.74 Å². The van der Waals surface area contributed by atoms with E-state index in [0.29, 0.717) is 0 Å². The molecule has 0 aliphatic carbocycles. The average Bonchev–Trinajstić information content (AvgIpc) is 2.20. The summed E-state index contributed by atoms with van der Waals surface area (Å²) in [6.45, 7) is 1.98.